The first-order valence-electron chi connectivity index (χ1n) is 11.8. The molecule has 0 spiro atoms. The first-order chi connectivity index (χ1) is 16.8. The summed E-state index contributed by atoms with van der Waals surface area (Å²) >= 11 is 0. The molecule has 6 heteroatoms. The van der Waals surface area contributed by atoms with Crippen LogP contribution < -0.4 is 19.7 Å². The van der Waals surface area contributed by atoms with Crippen molar-refractivity contribution in [2.75, 3.05) is 24.4 Å². The predicted octanol–water partition coefficient (Wildman–Crippen LogP) is 5.75. The number of hydrogen-bond acceptors (Lipinski definition) is 4. The molecule has 1 heterocycles. The third-order valence-corrected chi connectivity index (χ3v) is 6.77. The van der Waals surface area contributed by atoms with Gasteiger partial charge in [-0.1, -0.05) is 29.8 Å². The molecule has 182 valence electrons. The largest absolute Gasteiger partial charge is 0.493 e. The van der Waals surface area contributed by atoms with Gasteiger partial charge < -0.3 is 19.7 Å². The highest BCUT2D eigenvalue weighted by atomic mass is 16.5. The predicted molar refractivity (Wildman–Crippen MR) is 138 cm³/mol. The van der Waals surface area contributed by atoms with Gasteiger partial charge in [-0.05, 0) is 80.3 Å². The quantitative estimate of drug-likeness (QED) is 0.496. The summed E-state index contributed by atoms with van der Waals surface area (Å²) in [6.45, 7) is 6.07. The van der Waals surface area contributed by atoms with Crippen LogP contribution in [0.2, 0.25) is 0 Å². The maximum absolute atomic E-state index is 13.7. The van der Waals surface area contributed by atoms with Crippen molar-refractivity contribution in [3.63, 3.8) is 0 Å². The first kappa shape index (κ1) is 24.3. The molecule has 0 saturated carbocycles. The number of benzene rings is 3. The summed E-state index contributed by atoms with van der Waals surface area (Å²) in [5.74, 6) is 0.576. The lowest BCUT2D eigenvalue weighted by Crippen LogP contribution is -2.47. The minimum absolute atomic E-state index is 0.0103. The van der Waals surface area contributed by atoms with Gasteiger partial charge in [0.05, 0.1) is 26.2 Å². The Morgan fingerprint density at radius 1 is 0.886 bits per heavy atom. The van der Waals surface area contributed by atoms with E-state index < -0.39 is 12.0 Å². The SMILES string of the molecule is COc1ccc([C@H]2[C@@H](C(=O)Nc3ccc(C)c(C)c3)CCC(=O)N2c2ccc(C)cc2)cc1OC. The molecule has 1 saturated heterocycles. The number of nitrogens with zero attached hydrogens (tertiary/aromatic N) is 1. The van der Waals surface area contributed by atoms with Gasteiger partial charge in [0.1, 0.15) is 0 Å². The summed E-state index contributed by atoms with van der Waals surface area (Å²) in [4.78, 5) is 28.7. The second-order valence-corrected chi connectivity index (χ2v) is 9.09. The highest BCUT2D eigenvalue weighted by Gasteiger charge is 2.41. The molecular formula is C29H32N2O4. The summed E-state index contributed by atoms with van der Waals surface area (Å²) in [7, 11) is 3.16. The second-order valence-electron chi connectivity index (χ2n) is 9.09. The lowest BCUT2D eigenvalue weighted by Gasteiger charge is -2.41. The van der Waals surface area contributed by atoms with Gasteiger partial charge in [-0.2, -0.15) is 0 Å². The van der Waals surface area contributed by atoms with Crippen LogP contribution in [0.3, 0.4) is 0 Å². The molecule has 35 heavy (non-hydrogen) atoms. The maximum atomic E-state index is 13.7. The normalized spacial score (nSPS) is 17.7. The van der Waals surface area contributed by atoms with E-state index in [2.05, 4.69) is 5.32 Å². The molecule has 0 radical (unpaired) electrons. The molecule has 1 N–H and O–H groups in total. The van der Waals surface area contributed by atoms with Gasteiger partial charge in [-0.15, -0.1) is 0 Å². The number of methoxy groups -OCH3 is 2. The fraction of sp³-hybridized carbons (Fsp3) is 0.310. The number of aryl methyl sites for hydroxylation is 3. The topological polar surface area (TPSA) is 67.9 Å². The molecular weight excluding hydrogens is 440 g/mol. The molecule has 0 aliphatic carbocycles. The van der Waals surface area contributed by atoms with E-state index in [0.717, 1.165) is 28.1 Å². The Morgan fingerprint density at radius 3 is 2.26 bits per heavy atom. The van der Waals surface area contributed by atoms with Gasteiger partial charge in [0.2, 0.25) is 11.8 Å². The van der Waals surface area contributed by atoms with E-state index in [9.17, 15) is 9.59 Å². The fourth-order valence-corrected chi connectivity index (χ4v) is 4.65. The molecule has 0 aromatic heterocycles. The van der Waals surface area contributed by atoms with E-state index in [1.165, 1.54) is 5.56 Å². The molecule has 3 aromatic rings. The van der Waals surface area contributed by atoms with Crippen molar-refractivity contribution in [3.05, 3.63) is 82.9 Å². The molecule has 0 bridgehead atoms. The maximum Gasteiger partial charge on any atom is 0.229 e. The molecule has 2 atom stereocenters. The van der Waals surface area contributed by atoms with Gasteiger partial charge in [-0.3, -0.25) is 9.59 Å². The lowest BCUT2D eigenvalue weighted by atomic mass is 9.83. The molecule has 1 aliphatic heterocycles. The van der Waals surface area contributed by atoms with E-state index in [4.69, 9.17) is 9.47 Å². The van der Waals surface area contributed by atoms with Crippen molar-refractivity contribution in [2.24, 2.45) is 5.92 Å². The summed E-state index contributed by atoms with van der Waals surface area (Å²) in [5, 5.41) is 3.09. The van der Waals surface area contributed by atoms with Crippen LogP contribution >= 0.6 is 0 Å². The van der Waals surface area contributed by atoms with Gasteiger partial charge in [0.25, 0.3) is 0 Å². The Balaban J connectivity index is 1.77. The van der Waals surface area contributed by atoms with Crippen molar-refractivity contribution in [2.45, 2.75) is 39.7 Å². The summed E-state index contributed by atoms with van der Waals surface area (Å²) in [6.07, 6.45) is 0.750. The van der Waals surface area contributed by atoms with Crippen LogP contribution in [0.5, 0.6) is 11.5 Å². The van der Waals surface area contributed by atoms with E-state index in [0.29, 0.717) is 24.3 Å². The highest BCUT2D eigenvalue weighted by molar-refractivity contribution is 6.00. The number of rotatable bonds is 6. The molecule has 6 nitrogen and oxygen atoms in total. The Labute approximate surface area is 206 Å². The Morgan fingerprint density at radius 2 is 1.60 bits per heavy atom. The smallest absolute Gasteiger partial charge is 0.229 e. The van der Waals surface area contributed by atoms with Gasteiger partial charge in [0.15, 0.2) is 11.5 Å². The van der Waals surface area contributed by atoms with Crippen LogP contribution in [0.15, 0.2) is 60.7 Å². The van der Waals surface area contributed by atoms with Crippen LogP contribution in [0, 0.1) is 26.7 Å². The van der Waals surface area contributed by atoms with Crippen molar-refractivity contribution in [1.29, 1.82) is 0 Å². The molecule has 1 aliphatic rings. The molecule has 3 aromatic carbocycles. The fourth-order valence-electron chi connectivity index (χ4n) is 4.65. The lowest BCUT2D eigenvalue weighted by molar-refractivity contribution is -0.125. The zero-order chi connectivity index (χ0) is 25.1. The third kappa shape index (κ3) is 5.02. The van der Waals surface area contributed by atoms with E-state index in [1.807, 2.05) is 81.4 Å². The number of carbonyl (C=O) groups is 2. The zero-order valence-corrected chi connectivity index (χ0v) is 20.9. The molecule has 2 amide bonds. The van der Waals surface area contributed by atoms with Crippen LogP contribution in [-0.4, -0.2) is 26.0 Å². The number of carbonyl (C=O) groups excluding carboxylic acids is 2. The zero-order valence-electron chi connectivity index (χ0n) is 20.9. The average molecular weight is 473 g/mol. The number of amides is 2. The summed E-state index contributed by atoms with van der Waals surface area (Å²) < 4.78 is 11.0. The Hall–Kier alpha value is -3.80. The van der Waals surface area contributed by atoms with E-state index >= 15 is 0 Å². The molecule has 0 unspecified atom stereocenters. The monoisotopic (exact) mass is 472 g/mol. The first-order valence-corrected chi connectivity index (χ1v) is 11.8. The van der Waals surface area contributed by atoms with E-state index in [-0.39, 0.29) is 11.8 Å². The van der Waals surface area contributed by atoms with Gasteiger partial charge in [-0.25, -0.2) is 0 Å². The highest BCUT2D eigenvalue weighted by Crippen LogP contribution is 2.43. The van der Waals surface area contributed by atoms with Gasteiger partial charge >= 0.3 is 0 Å². The van der Waals surface area contributed by atoms with Crippen LogP contribution in [0.1, 0.15) is 41.1 Å². The van der Waals surface area contributed by atoms with Crippen molar-refractivity contribution in [3.8, 4) is 11.5 Å². The van der Waals surface area contributed by atoms with Crippen LogP contribution in [0.4, 0.5) is 11.4 Å². The summed E-state index contributed by atoms with van der Waals surface area (Å²) in [5.41, 5.74) is 5.72. The Bertz CT molecular complexity index is 1240. The standard InChI is InChI=1S/C29H32N2O4/c1-18-6-11-23(12-7-18)31-27(32)15-13-24(29(33)30-22-10-8-19(2)20(3)16-22)28(31)21-9-14-25(34-4)26(17-21)35-5/h6-12,14,16-17,24,28H,13,15H2,1-5H3,(H,30,33)/t24-,28-/m0/s1. The van der Waals surface area contributed by atoms with Crippen molar-refractivity contribution >= 4 is 23.2 Å². The van der Waals surface area contributed by atoms with Gasteiger partial charge in [0, 0.05) is 17.8 Å². The number of piperidine rings is 1. The van der Waals surface area contributed by atoms with Crippen molar-refractivity contribution in [1.82, 2.24) is 0 Å². The van der Waals surface area contributed by atoms with E-state index in [1.54, 1.807) is 19.1 Å². The molecule has 4 rings (SSSR count). The number of hydrogen-bond donors (Lipinski definition) is 1. The van der Waals surface area contributed by atoms with Crippen LogP contribution in [0.25, 0.3) is 0 Å². The number of nitrogens with one attached hydrogen (secondary N) is 1. The van der Waals surface area contributed by atoms with Crippen molar-refractivity contribution < 1.29 is 19.1 Å². The third-order valence-electron chi connectivity index (χ3n) is 6.77. The minimum atomic E-state index is -0.495. The Kier molecular flexibility index (Phi) is 7.10. The summed E-state index contributed by atoms with van der Waals surface area (Å²) in [6, 6.07) is 18.8. The molecule has 1 fully saturated rings. The number of ether oxygens (including phenoxy) is 2. The second kappa shape index (κ2) is 10.2. The average Bonchev–Trinajstić information content (AvgIpc) is 2.86. The van der Waals surface area contributed by atoms with Crippen LogP contribution in [-0.2, 0) is 9.59 Å². The minimum Gasteiger partial charge on any atom is -0.493 e. The number of anilines is 2.